The number of hydrogen-bond acceptors (Lipinski definition) is 3. The molecule has 1 aromatic carbocycles. The third kappa shape index (κ3) is 2.67. The lowest BCUT2D eigenvalue weighted by molar-refractivity contribution is -0.126. The number of benzene rings is 1. The molecule has 0 radical (unpaired) electrons. The summed E-state index contributed by atoms with van der Waals surface area (Å²) in [4.78, 5) is 11.7. The van der Waals surface area contributed by atoms with Crippen molar-refractivity contribution in [3.8, 4) is 0 Å². The smallest absolute Gasteiger partial charge is 0.243 e. The minimum absolute atomic E-state index is 0.157. The molecule has 2 N–H and O–H groups in total. The van der Waals surface area contributed by atoms with Crippen LogP contribution in [-0.2, 0) is 14.8 Å². The highest BCUT2D eigenvalue weighted by molar-refractivity contribution is 7.89. The highest BCUT2D eigenvalue weighted by atomic mass is 32.2. The standard InChI is InChI=1S/C14H19FN2O3S/c1-10-7-11(15)9-12(8-10)21(19,20)17(2)14(13(16)18)5-3-4-6-14/h7-9H,3-6H2,1-2H3,(H2,16,18). The number of carbonyl (C=O) groups is 1. The van der Waals surface area contributed by atoms with Gasteiger partial charge >= 0.3 is 0 Å². The number of carbonyl (C=O) groups excluding carboxylic acids is 1. The molecule has 5 nitrogen and oxygen atoms in total. The predicted octanol–water partition coefficient (Wildman–Crippen LogP) is 1.55. The minimum atomic E-state index is -3.98. The van der Waals surface area contributed by atoms with Crippen molar-refractivity contribution in [2.24, 2.45) is 5.73 Å². The average molecular weight is 314 g/mol. The van der Waals surface area contributed by atoms with Crippen LogP contribution in [0.3, 0.4) is 0 Å². The first kappa shape index (κ1) is 15.9. The fourth-order valence-corrected chi connectivity index (χ4v) is 4.56. The number of amides is 1. The molecule has 1 aliphatic rings. The van der Waals surface area contributed by atoms with E-state index < -0.39 is 27.3 Å². The summed E-state index contributed by atoms with van der Waals surface area (Å²) in [5.74, 6) is -1.28. The maximum absolute atomic E-state index is 13.5. The summed E-state index contributed by atoms with van der Waals surface area (Å²) in [6.07, 6.45) is 2.27. The van der Waals surface area contributed by atoms with Crippen LogP contribution in [0.2, 0.25) is 0 Å². The number of primary amides is 1. The van der Waals surface area contributed by atoms with Crippen LogP contribution in [0.15, 0.2) is 23.1 Å². The number of hydrogen-bond donors (Lipinski definition) is 1. The van der Waals surface area contributed by atoms with Crippen LogP contribution in [0.5, 0.6) is 0 Å². The summed E-state index contributed by atoms with van der Waals surface area (Å²) in [7, 11) is -2.64. The summed E-state index contributed by atoms with van der Waals surface area (Å²) in [6.45, 7) is 1.61. The van der Waals surface area contributed by atoms with Gasteiger partial charge in [-0.25, -0.2) is 12.8 Å². The van der Waals surface area contributed by atoms with Gasteiger partial charge in [-0.3, -0.25) is 4.79 Å². The lowest BCUT2D eigenvalue weighted by Crippen LogP contribution is -2.56. The van der Waals surface area contributed by atoms with Crippen molar-refractivity contribution in [2.75, 3.05) is 7.05 Å². The maximum Gasteiger partial charge on any atom is 0.243 e. The quantitative estimate of drug-likeness (QED) is 0.915. The lowest BCUT2D eigenvalue weighted by atomic mass is 9.97. The van der Waals surface area contributed by atoms with Gasteiger partial charge in [0.2, 0.25) is 15.9 Å². The van der Waals surface area contributed by atoms with Gasteiger partial charge in [0.05, 0.1) is 4.90 Å². The van der Waals surface area contributed by atoms with E-state index in [2.05, 4.69) is 0 Å². The molecule has 0 aromatic heterocycles. The molecular weight excluding hydrogens is 295 g/mol. The van der Waals surface area contributed by atoms with Crippen LogP contribution in [0.25, 0.3) is 0 Å². The van der Waals surface area contributed by atoms with Crippen molar-refractivity contribution in [1.29, 1.82) is 0 Å². The zero-order chi connectivity index (χ0) is 15.8. The van der Waals surface area contributed by atoms with E-state index >= 15 is 0 Å². The van der Waals surface area contributed by atoms with Crippen LogP contribution >= 0.6 is 0 Å². The number of nitrogens with zero attached hydrogens (tertiary/aromatic N) is 1. The van der Waals surface area contributed by atoms with E-state index in [-0.39, 0.29) is 4.90 Å². The number of halogens is 1. The Labute approximate surface area is 124 Å². The van der Waals surface area contributed by atoms with Crippen molar-refractivity contribution in [2.45, 2.75) is 43.0 Å². The molecule has 1 fully saturated rings. The molecule has 0 spiro atoms. The number of likely N-dealkylation sites (N-methyl/N-ethyl adjacent to an activating group) is 1. The zero-order valence-corrected chi connectivity index (χ0v) is 12.9. The Bertz CT molecular complexity index is 647. The summed E-state index contributed by atoms with van der Waals surface area (Å²) in [6, 6.07) is 3.60. The Morgan fingerprint density at radius 3 is 2.33 bits per heavy atom. The molecule has 0 bridgehead atoms. The third-order valence-electron chi connectivity index (χ3n) is 4.17. The molecule has 21 heavy (non-hydrogen) atoms. The average Bonchev–Trinajstić information content (AvgIpc) is 2.87. The molecule has 1 amide bonds. The largest absolute Gasteiger partial charge is 0.368 e. The summed E-state index contributed by atoms with van der Waals surface area (Å²) >= 11 is 0. The number of nitrogens with two attached hydrogens (primary N) is 1. The normalized spacial score (nSPS) is 18.1. The van der Waals surface area contributed by atoms with Gasteiger partial charge in [0.25, 0.3) is 0 Å². The van der Waals surface area contributed by atoms with E-state index in [1.165, 1.54) is 19.2 Å². The number of aryl methyl sites for hydroxylation is 1. The molecule has 1 aliphatic carbocycles. The van der Waals surface area contributed by atoms with Gasteiger partial charge in [0.1, 0.15) is 11.4 Å². The van der Waals surface area contributed by atoms with Gasteiger partial charge in [0.15, 0.2) is 0 Å². The second-order valence-electron chi connectivity index (χ2n) is 5.54. The first-order valence-electron chi connectivity index (χ1n) is 6.76. The third-order valence-corrected chi connectivity index (χ3v) is 6.07. The summed E-state index contributed by atoms with van der Waals surface area (Å²) in [5.41, 5.74) is 4.74. The van der Waals surface area contributed by atoms with Gasteiger partial charge in [-0.15, -0.1) is 0 Å². The van der Waals surface area contributed by atoms with E-state index in [0.717, 1.165) is 23.2 Å². The lowest BCUT2D eigenvalue weighted by Gasteiger charge is -2.34. The van der Waals surface area contributed by atoms with Crippen LogP contribution in [0.1, 0.15) is 31.2 Å². The minimum Gasteiger partial charge on any atom is -0.368 e. The second kappa shape index (κ2) is 5.38. The molecule has 1 saturated carbocycles. The number of sulfonamides is 1. The van der Waals surface area contributed by atoms with Crippen LogP contribution in [-0.4, -0.2) is 31.2 Å². The Hall–Kier alpha value is -1.47. The summed E-state index contributed by atoms with van der Waals surface area (Å²) in [5, 5.41) is 0. The van der Waals surface area contributed by atoms with Gasteiger partial charge in [0, 0.05) is 7.05 Å². The predicted molar refractivity (Wildman–Crippen MR) is 76.5 cm³/mol. The van der Waals surface area contributed by atoms with E-state index in [1.807, 2.05) is 0 Å². The maximum atomic E-state index is 13.5. The fraction of sp³-hybridized carbons (Fsp3) is 0.500. The molecule has 0 unspecified atom stereocenters. The van der Waals surface area contributed by atoms with Gasteiger partial charge in [-0.2, -0.15) is 4.31 Å². The second-order valence-corrected chi connectivity index (χ2v) is 7.51. The van der Waals surface area contributed by atoms with E-state index in [9.17, 15) is 17.6 Å². The van der Waals surface area contributed by atoms with Gasteiger partial charge < -0.3 is 5.73 Å². The molecule has 0 saturated heterocycles. The fourth-order valence-electron chi connectivity index (χ4n) is 2.92. The van der Waals surface area contributed by atoms with Crippen LogP contribution in [0.4, 0.5) is 4.39 Å². The molecular formula is C14H19FN2O3S. The molecule has 2 rings (SSSR count). The molecule has 116 valence electrons. The van der Waals surface area contributed by atoms with Crippen molar-refractivity contribution in [3.05, 3.63) is 29.6 Å². The highest BCUT2D eigenvalue weighted by Crippen LogP contribution is 2.37. The monoisotopic (exact) mass is 314 g/mol. The molecule has 7 heteroatoms. The van der Waals surface area contributed by atoms with Crippen molar-refractivity contribution >= 4 is 15.9 Å². The molecule has 0 atom stereocenters. The van der Waals surface area contributed by atoms with E-state index in [1.54, 1.807) is 6.92 Å². The number of rotatable bonds is 4. The van der Waals surface area contributed by atoms with Crippen molar-refractivity contribution in [3.63, 3.8) is 0 Å². The first-order chi connectivity index (χ1) is 9.70. The van der Waals surface area contributed by atoms with Gasteiger partial charge in [-0.05, 0) is 43.5 Å². The van der Waals surface area contributed by atoms with E-state index in [4.69, 9.17) is 5.73 Å². The zero-order valence-electron chi connectivity index (χ0n) is 12.1. The molecule has 0 aliphatic heterocycles. The van der Waals surface area contributed by atoms with Gasteiger partial charge in [-0.1, -0.05) is 12.8 Å². The Morgan fingerprint density at radius 1 is 1.29 bits per heavy atom. The Balaban J connectivity index is 2.49. The first-order valence-corrected chi connectivity index (χ1v) is 8.20. The Kier molecular flexibility index (Phi) is 4.08. The molecule has 1 aromatic rings. The topological polar surface area (TPSA) is 80.5 Å². The highest BCUT2D eigenvalue weighted by Gasteiger charge is 2.48. The van der Waals surface area contributed by atoms with Crippen LogP contribution < -0.4 is 5.73 Å². The Morgan fingerprint density at radius 2 is 1.86 bits per heavy atom. The summed E-state index contributed by atoms with van der Waals surface area (Å²) < 4.78 is 39.9. The van der Waals surface area contributed by atoms with E-state index in [0.29, 0.717) is 18.4 Å². The van der Waals surface area contributed by atoms with Crippen LogP contribution in [0, 0.1) is 12.7 Å². The van der Waals surface area contributed by atoms with Crippen molar-refractivity contribution < 1.29 is 17.6 Å². The van der Waals surface area contributed by atoms with Crippen molar-refractivity contribution in [1.82, 2.24) is 4.31 Å². The molecule has 0 heterocycles. The SMILES string of the molecule is Cc1cc(F)cc(S(=O)(=O)N(C)C2(C(N)=O)CCCC2)c1.